The number of nitrogens with one attached hydrogen (secondary N) is 1. The summed E-state index contributed by atoms with van der Waals surface area (Å²) in [6.07, 6.45) is -0.847. The first-order chi connectivity index (χ1) is 10.4. The average molecular weight is 382 g/mol. The molecule has 0 amide bonds. The van der Waals surface area contributed by atoms with Crippen LogP contribution in [0.3, 0.4) is 0 Å². The predicted molar refractivity (Wildman–Crippen MR) is 88.4 cm³/mol. The molecule has 5 nitrogen and oxygen atoms in total. The van der Waals surface area contributed by atoms with Crippen LogP contribution in [0.15, 0.2) is 18.2 Å². The summed E-state index contributed by atoms with van der Waals surface area (Å²) in [4.78, 5) is 15.6. The highest BCUT2D eigenvalue weighted by atomic mass is 35.5. The SMILES string of the molecule is COC(=O)c1sc(NCC(O)c2cc(Cl)cc(Cl)c2)nc1Cl. The van der Waals surface area contributed by atoms with E-state index in [2.05, 4.69) is 15.0 Å². The number of benzene rings is 1. The number of anilines is 1. The molecule has 0 radical (unpaired) electrons. The Hall–Kier alpha value is -1.05. The number of thiazole rings is 1. The van der Waals surface area contributed by atoms with Gasteiger partial charge in [0.1, 0.15) is 0 Å². The second-order valence-corrected chi connectivity index (χ2v) is 6.46. The second-order valence-electron chi connectivity index (χ2n) is 4.23. The van der Waals surface area contributed by atoms with Crippen molar-refractivity contribution in [2.24, 2.45) is 0 Å². The van der Waals surface area contributed by atoms with Gasteiger partial charge in [0.2, 0.25) is 0 Å². The van der Waals surface area contributed by atoms with Gasteiger partial charge in [0.05, 0.1) is 13.2 Å². The highest BCUT2D eigenvalue weighted by Crippen LogP contribution is 2.28. The molecule has 0 fully saturated rings. The normalized spacial score (nSPS) is 12.0. The van der Waals surface area contributed by atoms with Crippen LogP contribution in [0.1, 0.15) is 21.3 Å². The number of esters is 1. The van der Waals surface area contributed by atoms with Crippen LogP contribution in [0.2, 0.25) is 15.2 Å². The summed E-state index contributed by atoms with van der Waals surface area (Å²) in [7, 11) is 1.26. The molecule has 0 aliphatic heterocycles. The minimum absolute atomic E-state index is 0.0552. The lowest BCUT2D eigenvalue weighted by Crippen LogP contribution is -2.12. The van der Waals surface area contributed by atoms with E-state index in [-0.39, 0.29) is 16.6 Å². The fourth-order valence-electron chi connectivity index (χ4n) is 1.67. The first-order valence-corrected chi connectivity index (χ1v) is 7.98. The zero-order valence-electron chi connectivity index (χ0n) is 11.3. The maximum absolute atomic E-state index is 11.4. The molecule has 0 aliphatic rings. The van der Waals surface area contributed by atoms with Crippen molar-refractivity contribution in [3.63, 3.8) is 0 Å². The Morgan fingerprint density at radius 3 is 2.59 bits per heavy atom. The van der Waals surface area contributed by atoms with Gasteiger partial charge in [-0.25, -0.2) is 9.78 Å². The number of ether oxygens (including phenoxy) is 1. The zero-order valence-corrected chi connectivity index (χ0v) is 14.4. The molecule has 1 heterocycles. The van der Waals surface area contributed by atoms with Gasteiger partial charge in [-0.1, -0.05) is 46.1 Å². The topological polar surface area (TPSA) is 71.5 Å². The third kappa shape index (κ3) is 4.24. The number of aliphatic hydroxyl groups is 1. The van der Waals surface area contributed by atoms with E-state index in [0.717, 1.165) is 11.3 Å². The van der Waals surface area contributed by atoms with Gasteiger partial charge in [0.15, 0.2) is 15.2 Å². The monoisotopic (exact) mass is 380 g/mol. The molecule has 0 saturated carbocycles. The Bertz CT molecular complexity index is 673. The molecule has 0 saturated heterocycles. The van der Waals surface area contributed by atoms with E-state index in [0.29, 0.717) is 20.7 Å². The number of methoxy groups -OCH3 is 1. The molecule has 0 spiro atoms. The first-order valence-electron chi connectivity index (χ1n) is 6.03. The van der Waals surface area contributed by atoms with Crippen LogP contribution < -0.4 is 5.32 Å². The van der Waals surface area contributed by atoms with Gasteiger partial charge in [0, 0.05) is 16.6 Å². The van der Waals surface area contributed by atoms with Gasteiger partial charge >= 0.3 is 5.97 Å². The molecule has 0 bridgehead atoms. The second kappa shape index (κ2) is 7.48. The minimum Gasteiger partial charge on any atom is -0.465 e. The minimum atomic E-state index is -0.847. The summed E-state index contributed by atoms with van der Waals surface area (Å²) in [5.74, 6) is -0.558. The molecule has 1 aromatic heterocycles. The Kier molecular flexibility index (Phi) is 5.88. The lowest BCUT2D eigenvalue weighted by atomic mass is 10.1. The number of rotatable bonds is 5. The number of halogens is 3. The molecule has 1 unspecified atom stereocenters. The van der Waals surface area contributed by atoms with Gasteiger partial charge in [-0.3, -0.25) is 0 Å². The summed E-state index contributed by atoms with van der Waals surface area (Å²) in [5, 5.41) is 14.4. The molecule has 2 aromatic rings. The molecule has 118 valence electrons. The van der Waals surface area contributed by atoms with Crippen LogP contribution in [0.25, 0.3) is 0 Å². The van der Waals surface area contributed by atoms with Crippen molar-refractivity contribution in [1.82, 2.24) is 4.98 Å². The number of carbonyl (C=O) groups is 1. The van der Waals surface area contributed by atoms with Crippen molar-refractivity contribution in [3.8, 4) is 0 Å². The average Bonchev–Trinajstić information content (AvgIpc) is 2.84. The highest BCUT2D eigenvalue weighted by Gasteiger charge is 2.18. The van der Waals surface area contributed by atoms with Crippen molar-refractivity contribution in [2.45, 2.75) is 6.10 Å². The van der Waals surface area contributed by atoms with E-state index < -0.39 is 12.1 Å². The van der Waals surface area contributed by atoms with Gasteiger partial charge in [-0.2, -0.15) is 0 Å². The number of hydrogen-bond donors (Lipinski definition) is 2. The van der Waals surface area contributed by atoms with E-state index in [1.807, 2.05) is 0 Å². The summed E-state index contributed by atoms with van der Waals surface area (Å²) >= 11 is 18.7. The van der Waals surface area contributed by atoms with E-state index in [4.69, 9.17) is 34.8 Å². The van der Waals surface area contributed by atoms with Crippen LogP contribution in [-0.4, -0.2) is 29.7 Å². The third-order valence-electron chi connectivity index (χ3n) is 2.67. The van der Waals surface area contributed by atoms with Crippen LogP contribution in [0.4, 0.5) is 5.13 Å². The van der Waals surface area contributed by atoms with Crippen LogP contribution in [-0.2, 0) is 4.74 Å². The summed E-state index contributed by atoms with van der Waals surface area (Å²) in [6.45, 7) is 0.154. The van der Waals surface area contributed by atoms with Crippen molar-refractivity contribution in [1.29, 1.82) is 0 Å². The molecule has 0 aliphatic carbocycles. The van der Waals surface area contributed by atoms with Crippen LogP contribution in [0, 0.1) is 0 Å². The smallest absolute Gasteiger partial charge is 0.351 e. The number of aromatic nitrogens is 1. The lowest BCUT2D eigenvalue weighted by molar-refractivity contribution is 0.0606. The molecule has 2 rings (SSSR count). The largest absolute Gasteiger partial charge is 0.465 e. The molecule has 9 heteroatoms. The summed E-state index contributed by atoms with van der Waals surface area (Å²) in [5.41, 5.74) is 0.570. The Balaban J connectivity index is 2.05. The van der Waals surface area contributed by atoms with Gasteiger partial charge in [0.25, 0.3) is 0 Å². The number of aliphatic hydroxyl groups excluding tert-OH is 1. The lowest BCUT2D eigenvalue weighted by Gasteiger charge is -2.12. The maximum Gasteiger partial charge on any atom is 0.351 e. The zero-order chi connectivity index (χ0) is 16.3. The quantitative estimate of drug-likeness (QED) is 0.765. The Morgan fingerprint density at radius 1 is 1.36 bits per heavy atom. The van der Waals surface area contributed by atoms with Crippen molar-refractivity contribution < 1.29 is 14.6 Å². The van der Waals surface area contributed by atoms with Gasteiger partial charge in [-0.05, 0) is 23.8 Å². The molecule has 1 atom stereocenters. The Morgan fingerprint density at radius 2 is 2.00 bits per heavy atom. The standard InChI is InChI=1S/C13H11Cl3N2O3S/c1-21-12(20)10-11(16)18-13(22-10)17-5-9(19)6-2-7(14)4-8(15)3-6/h2-4,9,19H,5H2,1H3,(H,17,18). The fourth-order valence-corrected chi connectivity index (χ4v) is 3.32. The molecule has 1 aromatic carbocycles. The van der Waals surface area contributed by atoms with Gasteiger partial charge in [-0.15, -0.1) is 0 Å². The molecule has 2 N–H and O–H groups in total. The van der Waals surface area contributed by atoms with E-state index in [1.165, 1.54) is 7.11 Å². The highest BCUT2D eigenvalue weighted by molar-refractivity contribution is 7.18. The number of hydrogen-bond acceptors (Lipinski definition) is 6. The Labute approximate surface area is 145 Å². The summed E-state index contributed by atoms with van der Waals surface area (Å²) < 4.78 is 4.59. The maximum atomic E-state index is 11.4. The number of carbonyl (C=O) groups excluding carboxylic acids is 1. The molecular formula is C13H11Cl3N2O3S. The first kappa shape index (κ1) is 17.3. The van der Waals surface area contributed by atoms with Crippen LogP contribution >= 0.6 is 46.1 Å². The van der Waals surface area contributed by atoms with Crippen molar-refractivity contribution >= 4 is 57.2 Å². The fraction of sp³-hybridized carbons (Fsp3) is 0.231. The van der Waals surface area contributed by atoms with E-state index >= 15 is 0 Å². The third-order valence-corrected chi connectivity index (χ3v) is 4.49. The summed E-state index contributed by atoms with van der Waals surface area (Å²) in [6, 6.07) is 4.82. The van der Waals surface area contributed by atoms with E-state index in [1.54, 1.807) is 18.2 Å². The molecular weight excluding hydrogens is 371 g/mol. The van der Waals surface area contributed by atoms with Crippen molar-refractivity contribution in [3.05, 3.63) is 43.8 Å². The van der Waals surface area contributed by atoms with E-state index in [9.17, 15) is 9.90 Å². The van der Waals surface area contributed by atoms with Crippen molar-refractivity contribution in [2.75, 3.05) is 19.0 Å². The predicted octanol–water partition coefficient (Wildman–Crippen LogP) is 4.04. The van der Waals surface area contributed by atoms with Gasteiger partial charge < -0.3 is 15.2 Å². The number of nitrogens with zero attached hydrogens (tertiary/aromatic N) is 1. The van der Waals surface area contributed by atoms with Crippen LogP contribution in [0.5, 0.6) is 0 Å². The molecule has 22 heavy (non-hydrogen) atoms.